The van der Waals surface area contributed by atoms with Crippen molar-refractivity contribution in [2.24, 2.45) is 0 Å². The van der Waals surface area contributed by atoms with Crippen LogP contribution in [-0.4, -0.2) is 34.7 Å². The Hall–Kier alpha value is -2.05. The lowest BCUT2D eigenvalue weighted by molar-refractivity contribution is 0.0522. The second-order valence-electron chi connectivity index (χ2n) is 4.59. The number of H-pyrrole nitrogens is 1. The van der Waals surface area contributed by atoms with Crippen molar-refractivity contribution < 1.29 is 19.1 Å². The van der Waals surface area contributed by atoms with E-state index in [1.807, 2.05) is 0 Å². The Morgan fingerprint density at radius 1 is 1.44 bits per heavy atom. The van der Waals surface area contributed by atoms with E-state index in [4.69, 9.17) is 4.74 Å². The number of alkyl carbamates (subject to hydrolysis) is 1. The highest BCUT2D eigenvalue weighted by atomic mass is 16.6. The summed E-state index contributed by atoms with van der Waals surface area (Å²) in [5.41, 5.74) is -0.316. The summed E-state index contributed by atoms with van der Waals surface area (Å²) in [6.45, 7) is 5.46. The third-order valence-corrected chi connectivity index (χ3v) is 1.83. The lowest BCUT2D eigenvalue weighted by atomic mass is 10.2. The summed E-state index contributed by atoms with van der Waals surface area (Å²) in [7, 11) is 1.28. The molecule has 0 saturated heterocycles. The van der Waals surface area contributed by atoms with Crippen molar-refractivity contribution in [3.05, 3.63) is 17.7 Å². The Labute approximate surface area is 105 Å². The number of ether oxygens (including phenoxy) is 2. The van der Waals surface area contributed by atoms with E-state index in [1.165, 1.54) is 13.3 Å². The highest BCUT2D eigenvalue weighted by Gasteiger charge is 2.16. The minimum absolute atomic E-state index is 0.145. The number of nitrogens with one attached hydrogen (secondary N) is 2. The number of amides is 1. The Bertz CT molecular complexity index is 434. The first-order valence-electron chi connectivity index (χ1n) is 5.41. The van der Waals surface area contributed by atoms with Gasteiger partial charge >= 0.3 is 12.1 Å². The van der Waals surface area contributed by atoms with Gasteiger partial charge in [-0.15, -0.1) is 0 Å². The number of esters is 1. The largest absolute Gasteiger partial charge is 0.464 e. The van der Waals surface area contributed by atoms with Gasteiger partial charge in [0, 0.05) is 0 Å². The normalized spacial score (nSPS) is 10.9. The molecule has 0 spiro atoms. The number of methoxy groups -OCH3 is 1. The number of nitrogens with zero attached hydrogens (tertiary/aromatic N) is 1. The number of imidazole rings is 1. The van der Waals surface area contributed by atoms with Gasteiger partial charge in [-0.1, -0.05) is 0 Å². The van der Waals surface area contributed by atoms with Crippen molar-refractivity contribution in [3.8, 4) is 0 Å². The predicted octanol–water partition coefficient (Wildman–Crippen LogP) is 1.22. The van der Waals surface area contributed by atoms with Crippen LogP contribution >= 0.6 is 0 Å². The van der Waals surface area contributed by atoms with Gasteiger partial charge in [0.05, 0.1) is 19.9 Å². The number of hydrogen-bond donors (Lipinski definition) is 2. The average Bonchev–Trinajstić information content (AvgIpc) is 2.71. The van der Waals surface area contributed by atoms with Crippen molar-refractivity contribution in [1.82, 2.24) is 15.3 Å². The lowest BCUT2D eigenvalue weighted by Gasteiger charge is -2.19. The zero-order valence-corrected chi connectivity index (χ0v) is 10.9. The van der Waals surface area contributed by atoms with Gasteiger partial charge in [0.25, 0.3) is 0 Å². The topological polar surface area (TPSA) is 93.3 Å². The molecule has 0 atom stereocenters. The second-order valence-corrected chi connectivity index (χ2v) is 4.59. The van der Waals surface area contributed by atoms with Crippen molar-refractivity contribution in [1.29, 1.82) is 0 Å². The van der Waals surface area contributed by atoms with Crippen LogP contribution in [0.4, 0.5) is 4.79 Å². The number of aromatic amines is 1. The summed E-state index contributed by atoms with van der Waals surface area (Å²) in [4.78, 5) is 29.2. The van der Waals surface area contributed by atoms with E-state index in [2.05, 4.69) is 20.0 Å². The summed E-state index contributed by atoms with van der Waals surface area (Å²) in [6.07, 6.45) is 0.802. The molecule has 1 rings (SSSR count). The van der Waals surface area contributed by atoms with Crippen LogP contribution in [0.25, 0.3) is 0 Å². The van der Waals surface area contributed by atoms with Crippen molar-refractivity contribution in [2.75, 3.05) is 7.11 Å². The summed E-state index contributed by atoms with van der Waals surface area (Å²) in [5.74, 6) is -0.0627. The molecule has 0 aromatic carbocycles. The fourth-order valence-corrected chi connectivity index (χ4v) is 1.14. The molecule has 0 aliphatic carbocycles. The highest BCUT2D eigenvalue weighted by Crippen LogP contribution is 2.06. The molecule has 2 N–H and O–H groups in total. The molecule has 0 saturated carbocycles. The van der Waals surface area contributed by atoms with Gasteiger partial charge in [-0.25, -0.2) is 14.6 Å². The predicted molar refractivity (Wildman–Crippen MR) is 63.0 cm³/mol. The maximum absolute atomic E-state index is 11.4. The molecule has 0 unspecified atom stereocenters. The molecule has 0 aliphatic heterocycles. The molecule has 0 aliphatic rings. The zero-order chi connectivity index (χ0) is 13.8. The Morgan fingerprint density at radius 2 is 2.11 bits per heavy atom. The Morgan fingerprint density at radius 3 is 2.67 bits per heavy atom. The third-order valence-electron chi connectivity index (χ3n) is 1.83. The first-order valence-corrected chi connectivity index (χ1v) is 5.41. The molecule has 100 valence electrons. The van der Waals surface area contributed by atoms with E-state index < -0.39 is 17.7 Å². The number of rotatable bonds is 3. The molecule has 1 heterocycles. The number of carbonyl (C=O) groups is 2. The maximum atomic E-state index is 11.4. The van der Waals surface area contributed by atoms with Gasteiger partial charge in [0.2, 0.25) is 0 Å². The zero-order valence-electron chi connectivity index (χ0n) is 10.9. The minimum atomic E-state index is -0.551. The van der Waals surface area contributed by atoms with E-state index in [9.17, 15) is 9.59 Å². The van der Waals surface area contributed by atoms with Gasteiger partial charge in [0.1, 0.15) is 17.1 Å². The smallest absolute Gasteiger partial charge is 0.408 e. The van der Waals surface area contributed by atoms with Gasteiger partial charge in [0.15, 0.2) is 0 Å². The summed E-state index contributed by atoms with van der Waals surface area (Å²) in [5, 5.41) is 2.52. The molecule has 0 radical (unpaired) electrons. The molecule has 1 aromatic rings. The van der Waals surface area contributed by atoms with Crippen LogP contribution in [0.1, 0.15) is 37.1 Å². The number of carbonyl (C=O) groups excluding carboxylic acids is 2. The first kappa shape index (κ1) is 14.0. The molecule has 1 amide bonds. The number of aromatic nitrogens is 2. The average molecular weight is 255 g/mol. The van der Waals surface area contributed by atoms with E-state index >= 15 is 0 Å². The van der Waals surface area contributed by atoms with Crippen LogP contribution in [0.3, 0.4) is 0 Å². The van der Waals surface area contributed by atoms with Crippen LogP contribution in [0.2, 0.25) is 0 Å². The summed E-state index contributed by atoms with van der Waals surface area (Å²) < 4.78 is 9.57. The first-order chi connectivity index (χ1) is 8.31. The minimum Gasteiger partial charge on any atom is -0.464 e. The van der Waals surface area contributed by atoms with Gasteiger partial charge in [-0.3, -0.25) is 0 Å². The molecule has 7 nitrogen and oxygen atoms in total. The van der Waals surface area contributed by atoms with E-state index in [-0.39, 0.29) is 12.2 Å². The molecule has 7 heteroatoms. The van der Waals surface area contributed by atoms with Crippen molar-refractivity contribution in [2.45, 2.75) is 32.9 Å². The molecule has 1 aromatic heterocycles. The van der Waals surface area contributed by atoms with Crippen LogP contribution in [-0.2, 0) is 16.0 Å². The highest BCUT2D eigenvalue weighted by molar-refractivity contribution is 5.86. The molecular formula is C11H17N3O4. The maximum Gasteiger partial charge on any atom is 0.408 e. The standard InChI is InChI=1S/C11H17N3O4/c1-11(2,3)18-10(16)13-6-8-12-5-7(14-8)9(15)17-4/h5H,6H2,1-4H3,(H,12,14)(H,13,16). The quantitative estimate of drug-likeness (QED) is 0.792. The van der Waals surface area contributed by atoms with Gasteiger partial charge < -0.3 is 19.8 Å². The summed E-state index contributed by atoms with van der Waals surface area (Å²) >= 11 is 0. The second kappa shape index (κ2) is 5.52. The fraction of sp³-hybridized carbons (Fsp3) is 0.545. The molecule has 0 fully saturated rings. The SMILES string of the molecule is COC(=O)c1cnc(CNC(=O)OC(C)(C)C)[nH]1. The van der Waals surface area contributed by atoms with Crippen LogP contribution in [0, 0.1) is 0 Å². The molecular weight excluding hydrogens is 238 g/mol. The van der Waals surface area contributed by atoms with E-state index in [0.717, 1.165) is 0 Å². The van der Waals surface area contributed by atoms with Gasteiger partial charge in [-0.2, -0.15) is 0 Å². The van der Waals surface area contributed by atoms with Crippen LogP contribution in [0.5, 0.6) is 0 Å². The number of hydrogen-bond acceptors (Lipinski definition) is 5. The van der Waals surface area contributed by atoms with E-state index in [0.29, 0.717) is 5.82 Å². The third kappa shape index (κ3) is 4.44. The Balaban J connectivity index is 2.47. The Kier molecular flexibility index (Phi) is 4.30. The monoisotopic (exact) mass is 255 g/mol. The van der Waals surface area contributed by atoms with Crippen LogP contribution < -0.4 is 5.32 Å². The van der Waals surface area contributed by atoms with E-state index in [1.54, 1.807) is 20.8 Å². The van der Waals surface area contributed by atoms with Crippen LogP contribution in [0.15, 0.2) is 6.20 Å². The summed E-state index contributed by atoms with van der Waals surface area (Å²) in [6, 6.07) is 0. The fourth-order valence-electron chi connectivity index (χ4n) is 1.14. The van der Waals surface area contributed by atoms with Crippen molar-refractivity contribution >= 4 is 12.1 Å². The lowest BCUT2D eigenvalue weighted by Crippen LogP contribution is -2.32. The van der Waals surface area contributed by atoms with Crippen molar-refractivity contribution in [3.63, 3.8) is 0 Å². The van der Waals surface area contributed by atoms with Gasteiger partial charge in [-0.05, 0) is 20.8 Å². The molecule has 18 heavy (non-hydrogen) atoms. The molecule has 0 bridgehead atoms.